The molecule has 0 spiro atoms. The van der Waals surface area contributed by atoms with Crippen LogP contribution in [0.5, 0.6) is 11.5 Å². The first-order valence-electron chi connectivity index (χ1n) is 7.35. The Morgan fingerprint density at radius 1 is 1.25 bits per heavy atom. The summed E-state index contributed by atoms with van der Waals surface area (Å²) in [4.78, 5) is 10.9. The molecule has 0 atom stereocenters. The van der Waals surface area contributed by atoms with Crippen LogP contribution in [0.2, 0.25) is 0 Å². The number of methoxy groups -OCH3 is 1. The monoisotopic (exact) mass is 390 g/mol. The normalized spacial score (nSPS) is 10.7. The van der Waals surface area contributed by atoms with Gasteiger partial charge in [0.1, 0.15) is 6.61 Å². The van der Waals surface area contributed by atoms with Gasteiger partial charge in [0.2, 0.25) is 5.91 Å². The van der Waals surface area contributed by atoms with Crippen molar-refractivity contribution >= 4 is 28.1 Å². The van der Waals surface area contributed by atoms with Crippen molar-refractivity contribution in [3.8, 4) is 11.5 Å². The van der Waals surface area contributed by atoms with Crippen LogP contribution >= 0.6 is 15.9 Å². The predicted octanol–water partition coefficient (Wildman–Crippen LogP) is 3.82. The average molecular weight is 391 g/mol. The number of hydrazone groups is 1. The van der Waals surface area contributed by atoms with Gasteiger partial charge in [-0.05, 0) is 40.5 Å². The molecular weight excluding hydrogens is 372 g/mol. The number of hydrogen-bond acceptors (Lipinski definition) is 4. The van der Waals surface area contributed by atoms with E-state index in [-0.39, 0.29) is 5.91 Å². The number of ether oxygens (including phenoxy) is 2. The molecular formula is C18H19BrN2O3. The molecule has 0 aliphatic carbocycles. The smallest absolute Gasteiger partial charge is 0.236 e. The van der Waals surface area contributed by atoms with Crippen LogP contribution in [0, 0.1) is 6.92 Å². The summed E-state index contributed by atoms with van der Waals surface area (Å²) in [7, 11) is 1.58. The first-order chi connectivity index (χ1) is 11.5. The Balaban J connectivity index is 2.15. The minimum Gasteiger partial charge on any atom is -0.493 e. The van der Waals surface area contributed by atoms with Gasteiger partial charge in [0.15, 0.2) is 11.5 Å². The lowest BCUT2D eigenvalue weighted by atomic mass is 10.2. The highest BCUT2D eigenvalue weighted by molar-refractivity contribution is 9.10. The van der Waals surface area contributed by atoms with Crippen molar-refractivity contribution in [2.45, 2.75) is 20.5 Å². The molecule has 0 aliphatic heterocycles. The first kappa shape index (κ1) is 18.0. The fourth-order valence-corrected chi connectivity index (χ4v) is 2.38. The Hall–Kier alpha value is -2.34. The van der Waals surface area contributed by atoms with Gasteiger partial charge < -0.3 is 9.47 Å². The summed E-state index contributed by atoms with van der Waals surface area (Å²) in [5, 5.41) is 3.86. The SMILES string of the molecule is COc1cc(C=NNC(C)=O)c(Br)cc1OCc1ccc(C)cc1. The molecule has 0 aliphatic rings. The molecule has 0 radical (unpaired) electrons. The number of nitrogens with one attached hydrogen (secondary N) is 1. The number of benzene rings is 2. The van der Waals surface area contributed by atoms with Crippen molar-refractivity contribution in [3.05, 3.63) is 57.6 Å². The Labute approximate surface area is 149 Å². The van der Waals surface area contributed by atoms with Crippen molar-refractivity contribution in [2.75, 3.05) is 7.11 Å². The average Bonchev–Trinajstić information content (AvgIpc) is 2.55. The lowest BCUT2D eigenvalue weighted by Gasteiger charge is -2.13. The molecule has 126 valence electrons. The molecule has 0 heterocycles. The van der Waals surface area contributed by atoms with Gasteiger partial charge in [-0.3, -0.25) is 4.79 Å². The summed E-state index contributed by atoms with van der Waals surface area (Å²) in [5.74, 6) is 0.989. The van der Waals surface area contributed by atoms with E-state index < -0.39 is 0 Å². The molecule has 5 nitrogen and oxygen atoms in total. The van der Waals surface area contributed by atoms with E-state index in [0.29, 0.717) is 18.1 Å². The van der Waals surface area contributed by atoms with Gasteiger partial charge in [-0.1, -0.05) is 29.8 Å². The van der Waals surface area contributed by atoms with E-state index in [4.69, 9.17) is 9.47 Å². The molecule has 6 heteroatoms. The van der Waals surface area contributed by atoms with Crippen LogP contribution in [0.3, 0.4) is 0 Å². The molecule has 0 saturated heterocycles. The van der Waals surface area contributed by atoms with Crippen LogP contribution in [-0.2, 0) is 11.4 Å². The van der Waals surface area contributed by atoms with Gasteiger partial charge in [0.05, 0.1) is 13.3 Å². The number of rotatable bonds is 6. The molecule has 0 unspecified atom stereocenters. The molecule has 2 rings (SSSR count). The number of carbonyl (C=O) groups excluding carboxylic acids is 1. The van der Waals surface area contributed by atoms with Gasteiger partial charge in [-0.25, -0.2) is 5.43 Å². The van der Waals surface area contributed by atoms with Crippen molar-refractivity contribution in [3.63, 3.8) is 0 Å². The Morgan fingerprint density at radius 3 is 2.58 bits per heavy atom. The van der Waals surface area contributed by atoms with Gasteiger partial charge in [0.25, 0.3) is 0 Å². The molecule has 2 aromatic rings. The van der Waals surface area contributed by atoms with E-state index in [1.807, 2.05) is 37.3 Å². The molecule has 2 aromatic carbocycles. The van der Waals surface area contributed by atoms with Crippen LogP contribution in [-0.4, -0.2) is 19.2 Å². The topological polar surface area (TPSA) is 59.9 Å². The lowest BCUT2D eigenvalue weighted by molar-refractivity contribution is -0.118. The maximum Gasteiger partial charge on any atom is 0.236 e. The standard InChI is InChI=1S/C18H19BrN2O3/c1-12-4-6-14(7-5-12)11-24-18-9-16(19)15(8-17(18)23-3)10-20-21-13(2)22/h4-10H,11H2,1-3H3,(H,21,22). The second-order valence-electron chi connectivity index (χ2n) is 5.23. The third kappa shape index (κ3) is 5.09. The van der Waals surface area contributed by atoms with Crippen molar-refractivity contribution in [1.82, 2.24) is 5.43 Å². The fraction of sp³-hybridized carbons (Fsp3) is 0.222. The third-order valence-electron chi connectivity index (χ3n) is 3.22. The number of carbonyl (C=O) groups is 1. The Bertz CT molecular complexity index is 743. The van der Waals surface area contributed by atoms with Gasteiger partial charge in [-0.2, -0.15) is 5.10 Å². The van der Waals surface area contributed by atoms with Gasteiger partial charge in [-0.15, -0.1) is 0 Å². The minimum atomic E-state index is -0.229. The molecule has 24 heavy (non-hydrogen) atoms. The highest BCUT2D eigenvalue weighted by atomic mass is 79.9. The van der Waals surface area contributed by atoms with Crippen LogP contribution in [0.15, 0.2) is 46.0 Å². The Kier molecular flexibility index (Phi) is 6.37. The fourth-order valence-electron chi connectivity index (χ4n) is 1.96. The number of hydrogen-bond donors (Lipinski definition) is 1. The van der Waals surface area contributed by atoms with Crippen molar-refractivity contribution < 1.29 is 14.3 Å². The van der Waals surface area contributed by atoms with Crippen molar-refractivity contribution in [2.24, 2.45) is 5.10 Å². The van der Waals surface area contributed by atoms with Crippen LogP contribution in [0.25, 0.3) is 0 Å². The van der Waals surface area contributed by atoms with E-state index in [9.17, 15) is 4.79 Å². The third-order valence-corrected chi connectivity index (χ3v) is 3.91. The summed E-state index contributed by atoms with van der Waals surface area (Å²) < 4.78 is 12.0. The van der Waals surface area contributed by atoms with Gasteiger partial charge >= 0.3 is 0 Å². The second kappa shape index (κ2) is 8.49. The molecule has 1 amide bonds. The zero-order valence-corrected chi connectivity index (χ0v) is 15.4. The maximum absolute atomic E-state index is 10.9. The predicted molar refractivity (Wildman–Crippen MR) is 97.6 cm³/mol. The highest BCUT2D eigenvalue weighted by Crippen LogP contribution is 2.33. The zero-order chi connectivity index (χ0) is 17.5. The second-order valence-corrected chi connectivity index (χ2v) is 6.08. The molecule has 1 N–H and O–H groups in total. The summed E-state index contributed by atoms with van der Waals surface area (Å²) >= 11 is 3.47. The number of amides is 1. The van der Waals surface area contributed by atoms with Crippen LogP contribution in [0.1, 0.15) is 23.6 Å². The largest absolute Gasteiger partial charge is 0.493 e. The summed E-state index contributed by atoms with van der Waals surface area (Å²) in [6, 6.07) is 11.8. The number of aryl methyl sites for hydroxylation is 1. The summed E-state index contributed by atoms with van der Waals surface area (Å²) in [6.07, 6.45) is 1.54. The quantitative estimate of drug-likeness (QED) is 0.602. The van der Waals surface area contributed by atoms with Gasteiger partial charge in [0, 0.05) is 17.0 Å². The van der Waals surface area contributed by atoms with Crippen LogP contribution in [0.4, 0.5) is 0 Å². The molecule has 0 aromatic heterocycles. The number of halogens is 1. The first-order valence-corrected chi connectivity index (χ1v) is 8.14. The number of nitrogens with zero attached hydrogens (tertiary/aromatic N) is 1. The van der Waals surface area contributed by atoms with E-state index in [2.05, 4.69) is 26.5 Å². The molecule has 0 bridgehead atoms. The Morgan fingerprint density at radius 2 is 1.96 bits per heavy atom. The maximum atomic E-state index is 10.9. The van der Waals surface area contributed by atoms with E-state index in [1.165, 1.54) is 18.7 Å². The van der Waals surface area contributed by atoms with Crippen LogP contribution < -0.4 is 14.9 Å². The minimum absolute atomic E-state index is 0.229. The molecule has 0 fully saturated rings. The van der Waals surface area contributed by atoms with E-state index >= 15 is 0 Å². The molecule has 0 saturated carbocycles. The summed E-state index contributed by atoms with van der Waals surface area (Å²) in [6.45, 7) is 3.89. The van der Waals surface area contributed by atoms with Crippen molar-refractivity contribution in [1.29, 1.82) is 0 Å². The zero-order valence-electron chi connectivity index (χ0n) is 13.8. The van der Waals surface area contributed by atoms with E-state index in [0.717, 1.165) is 15.6 Å². The lowest BCUT2D eigenvalue weighted by Crippen LogP contribution is -2.12. The highest BCUT2D eigenvalue weighted by Gasteiger charge is 2.10. The summed E-state index contributed by atoms with van der Waals surface area (Å²) in [5.41, 5.74) is 5.42. The van der Waals surface area contributed by atoms with E-state index in [1.54, 1.807) is 13.2 Å².